The zero-order chi connectivity index (χ0) is 17.0. The summed E-state index contributed by atoms with van der Waals surface area (Å²) in [7, 11) is 1.50. The van der Waals surface area contributed by atoms with E-state index >= 15 is 0 Å². The number of carbonyl (C=O) groups excluding carboxylic acids is 1. The topological polar surface area (TPSA) is 29.5 Å². The Labute approximate surface area is 133 Å². The molecule has 126 valence electrons. The average molecular weight is 327 g/mol. The van der Waals surface area contributed by atoms with Crippen LogP contribution in [0, 0.1) is 5.92 Å². The quantitative estimate of drug-likeness (QED) is 0.844. The number of nitrogens with zero attached hydrogens (tertiary/aromatic N) is 1. The van der Waals surface area contributed by atoms with Gasteiger partial charge in [-0.15, -0.1) is 0 Å². The number of hydrogen-bond donors (Lipinski definition) is 0. The Bertz CT molecular complexity index is 584. The molecule has 1 aliphatic rings. The van der Waals surface area contributed by atoms with E-state index in [0.29, 0.717) is 24.3 Å². The zero-order valence-electron chi connectivity index (χ0n) is 13.0. The molecule has 1 unspecified atom stereocenters. The highest BCUT2D eigenvalue weighted by atomic mass is 19.4. The number of carbonyl (C=O) groups is 1. The summed E-state index contributed by atoms with van der Waals surface area (Å²) < 4.78 is 43.8. The summed E-state index contributed by atoms with van der Waals surface area (Å²) >= 11 is 0. The first-order valence-corrected chi connectivity index (χ1v) is 7.49. The number of amides is 1. The summed E-state index contributed by atoms with van der Waals surface area (Å²) in [4.78, 5) is 13.7. The van der Waals surface area contributed by atoms with Crippen LogP contribution in [0.4, 0.5) is 13.2 Å². The van der Waals surface area contributed by atoms with Gasteiger partial charge in [0.2, 0.25) is 5.91 Å². The van der Waals surface area contributed by atoms with Crippen LogP contribution in [0.15, 0.2) is 24.8 Å². The molecule has 0 radical (unpaired) electrons. The normalized spacial score (nSPS) is 18.6. The predicted octanol–water partition coefficient (Wildman–Crippen LogP) is 3.68. The lowest BCUT2D eigenvalue weighted by Crippen LogP contribution is -2.45. The van der Waals surface area contributed by atoms with Gasteiger partial charge >= 0.3 is 6.18 Å². The molecule has 6 heteroatoms. The second kappa shape index (κ2) is 7.06. The van der Waals surface area contributed by atoms with Crippen LogP contribution >= 0.6 is 0 Å². The van der Waals surface area contributed by atoms with Crippen molar-refractivity contribution in [2.24, 2.45) is 5.92 Å². The molecule has 0 spiro atoms. The van der Waals surface area contributed by atoms with Gasteiger partial charge in [0.05, 0.1) is 19.4 Å². The molecular formula is C17H20F3NO2. The maximum absolute atomic E-state index is 12.8. The molecule has 0 bridgehead atoms. The number of benzene rings is 1. The average Bonchev–Trinajstić information content (AvgIpc) is 2.54. The van der Waals surface area contributed by atoms with E-state index in [-0.39, 0.29) is 25.3 Å². The van der Waals surface area contributed by atoms with E-state index in [1.807, 2.05) is 0 Å². The summed E-state index contributed by atoms with van der Waals surface area (Å²) in [5, 5.41) is 0. The summed E-state index contributed by atoms with van der Waals surface area (Å²) in [5.74, 6) is -1.19. The van der Waals surface area contributed by atoms with Gasteiger partial charge in [-0.25, -0.2) is 0 Å². The van der Waals surface area contributed by atoms with E-state index in [1.165, 1.54) is 12.0 Å². The van der Waals surface area contributed by atoms with Gasteiger partial charge in [-0.3, -0.25) is 4.79 Å². The van der Waals surface area contributed by atoms with Crippen molar-refractivity contribution in [3.05, 3.63) is 35.9 Å². The maximum atomic E-state index is 12.8. The van der Waals surface area contributed by atoms with E-state index in [1.54, 1.807) is 24.3 Å². The molecule has 1 amide bonds. The van der Waals surface area contributed by atoms with Crippen molar-refractivity contribution < 1.29 is 22.7 Å². The number of ether oxygens (including phenoxy) is 1. The molecule has 23 heavy (non-hydrogen) atoms. The van der Waals surface area contributed by atoms with E-state index in [4.69, 9.17) is 4.74 Å². The fourth-order valence-corrected chi connectivity index (χ4v) is 2.78. The minimum absolute atomic E-state index is 0.0329. The molecule has 1 atom stereocenters. The van der Waals surface area contributed by atoms with Crippen molar-refractivity contribution >= 4 is 12.0 Å². The highest BCUT2D eigenvalue weighted by molar-refractivity contribution is 5.80. The van der Waals surface area contributed by atoms with Gasteiger partial charge in [0.1, 0.15) is 5.75 Å². The predicted molar refractivity (Wildman–Crippen MR) is 82.1 cm³/mol. The van der Waals surface area contributed by atoms with Gasteiger partial charge in [0.25, 0.3) is 0 Å². The van der Waals surface area contributed by atoms with Crippen molar-refractivity contribution in [1.29, 1.82) is 0 Å². The lowest BCUT2D eigenvalue weighted by molar-refractivity contribution is -0.187. The lowest BCUT2D eigenvalue weighted by atomic mass is 9.96. The summed E-state index contributed by atoms with van der Waals surface area (Å²) in [6.07, 6.45) is -2.09. The van der Waals surface area contributed by atoms with Crippen molar-refractivity contribution in [3.8, 4) is 5.75 Å². The number of hydrogen-bond acceptors (Lipinski definition) is 2. The minimum atomic E-state index is -4.25. The number of alkyl halides is 3. The SMILES string of the molecule is C=Cc1ccc(CC(=O)N2CCCC(C(F)(F)F)C2)c(OC)c1. The standard InChI is InChI=1S/C17H20F3NO2/c1-3-12-6-7-13(15(9-12)23-2)10-16(22)21-8-4-5-14(11-21)17(18,19)20/h3,6-7,9,14H,1,4-5,8,10-11H2,2H3. The molecule has 3 nitrogen and oxygen atoms in total. The Morgan fingerprint density at radius 1 is 1.48 bits per heavy atom. The van der Waals surface area contributed by atoms with Crippen LogP contribution in [-0.2, 0) is 11.2 Å². The second-order valence-electron chi connectivity index (χ2n) is 5.67. The first-order chi connectivity index (χ1) is 10.8. The lowest BCUT2D eigenvalue weighted by Gasteiger charge is -2.33. The molecule has 1 aromatic rings. The van der Waals surface area contributed by atoms with E-state index < -0.39 is 12.1 Å². The Hall–Kier alpha value is -1.98. The zero-order valence-corrected chi connectivity index (χ0v) is 13.0. The Balaban J connectivity index is 2.08. The molecule has 2 rings (SSSR count). The molecule has 0 aromatic heterocycles. The van der Waals surface area contributed by atoms with Crippen LogP contribution in [0.2, 0.25) is 0 Å². The van der Waals surface area contributed by atoms with Crippen molar-refractivity contribution in [1.82, 2.24) is 4.90 Å². The van der Waals surface area contributed by atoms with Gasteiger partial charge in [0, 0.05) is 18.7 Å². The highest BCUT2D eigenvalue weighted by Crippen LogP contribution is 2.33. The number of likely N-dealkylation sites (tertiary alicyclic amines) is 1. The number of methoxy groups -OCH3 is 1. The molecule has 1 heterocycles. The van der Waals surface area contributed by atoms with Gasteiger partial charge < -0.3 is 9.64 Å². The molecule has 1 saturated heterocycles. The third-order valence-electron chi connectivity index (χ3n) is 4.13. The molecular weight excluding hydrogens is 307 g/mol. The van der Waals surface area contributed by atoms with Gasteiger partial charge in [-0.2, -0.15) is 13.2 Å². The molecule has 1 aliphatic heterocycles. The highest BCUT2D eigenvalue weighted by Gasteiger charge is 2.42. The van der Waals surface area contributed by atoms with Crippen LogP contribution in [0.1, 0.15) is 24.0 Å². The Kier molecular flexibility index (Phi) is 5.34. The van der Waals surface area contributed by atoms with Crippen molar-refractivity contribution in [3.63, 3.8) is 0 Å². The number of piperidine rings is 1. The van der Waals surface area contributed by atoms with Crippen LogP contribution in [0.25, 0.3) is 6.08 Å². The molecule has 1 fully saturated rings. The third-order valence-corrected chi connectivity index (χ3v) is 4.13. The van der Waals surface area contributed by atoms with E-state index in [2.05, 4.69) is 6.58 Å². The van der Waals surface area contributed by atoms with E-state index in [9.17, 15) is 18.0 Å². The minimum Gasteiger partial charge on any atom is -0.496 e. The fraction of sp³-hybridized carbons (Fsp3) is 0.471. The third kappa shape index (κ3) is 4.27. The summed E-state index contributed by atoms with van der Waals surface area (Å²) in [6, 6.07) is 5.30. The maximum Gasteiger partial charge on any atom is 0.393 e. The molecule has 0 aliphatic carbocycles. The summed E-state index contributed by atoms with van der Waals surface area (Å²) in [6.45, 7) is 3.78. The van der Waals surface area contributed by atoms with Crippen LogP contribution in [-0.4, -0.2) is 37.2 Å². The molecule has 0 N–H and O–H groups in total. The Morgan fingerprint density at radius 3 is 2.83 bits per heavy atom. The number of halogens is 3. The fourth-order valence-electron chi connectivity index (χ4n) is 2.78. The first-order valence-electron chi connectivity index (χ1n) is 7.49. The second-order valence-corrected chi connectivity index (χ2v) is 5.67. The van der Waals surface area contributed by atoms with Crippen LogP contribution in [0.3, 0.4) is 0 Å². The van der Waals surface area contributed by atoms with Gasteiger partial charge in [-0.05, 0) is 24.5 Å². The number of rotatable bonds is 4. The van der Waals surface area contributed by atoms with Crippen LogP contribution < -0.4 is 4.74 Å². The molecule has 0 saturated carbocycles. The van der Waals surface area contributed by atoms with Gasteiger partial charge in [0.15, 0.2) is 0 Å². The van der Waals surface area contributed by atoms with Crippen LogP contribution in [0.5, 0.6) is 5.75 Å². The Morgan fingerprint density at radius 2 is 2.22 bits per heavy atom. The summed E-state index contributed by atoms with van der Waals surface area (Å²) in [5.41, 5.74) is 1.52. The van der Waals surface area contributed by atoms with Crippen molar-refractivity contribution in [2.45, 2.75) is 25.4 Å². The smallest absolute Gasteiger partial charge is 0.393 e. The molecule has 1 aromatic carbocycles. The van der Waals surface area contributed by atoms with E-state index in [0.717, 1.165) is 5.56 Å². The largest absolute Gasteiger partial charge is 0.496 e. The van der Waals surface area contributed by atoms with Gasteiger partial charge in [-0.1, -0.05) is 24.8 Å². The van der Waals surface area contributed by atoms with Crippen molar-refractivity contribution in [2.75, 3.05) is 20.2 Å². The monoisotopic (exact) mass is 327 g/mol. The first kappa shape index (κ1) is 17.4.